The second-order valence-electron chi connectivity index (χ2n) is 7.98. The van der Waals surface area contributed by atoms with Gasteiger partial charge in [-0.05, 0) is 24.5 Å². The van der Waals surface area contributed by atoms with E-state index in [2.05, 4.69) is 25.7 Å². The maximum atomic E-state index is 14.4. The van der Waals surface area contributed by atoms with E-state index in [9.17, 15) is 9.18 Å². The molecule has 0 aliphatic carbocycles. The summed E-state index contributed by atoms with van der Waals surface area (Å²) >= 11 is 0. The molecular formula is C24H33FN4O. The van der Waals surface area contributed by atoms with Crippen molar-refractivity contribution < 1.29 is 9.18 Å². The first-order valence-electron chi connectivity index (χ1n) is 11.1. The molecule has 0 spiro atoms. The molecule has 0 bridgehead atoms. The van der Waals surface area contributed by atoms with E-state index >= 15 is 0 Å². The lowest BCUT2D eigenvalue weighted by molar-refractivity contribution is -0.131. The highest BCUT2D eigenvalue weighted by Crippen LogP contribution is 2.29. The lowest BCUT2D eigenvalue weighted by Crippen LogP contribution is -2.49. The number of nitrogens with zero attached hydrogens (tertiary/aromatic N) is 4. The average Bonchev–Trinajstić information content (AvgIpc) is 2.79. The maximum absolute atomic E-state index is 14.4. The minimum atomic E-state index is -0.199. The zero-order valence-electron chi connectivity index (χ0n) is 18.6. The molecule has 1 aliphatic rings. The summed E-state index contributed by atoms with van der Waals surface area (Å²) in [4.78, 5) is 26.1. The van der Waals surface area contributed by atoms with Crippen molar-refractivity contribution in [3.63, 3.8) is 0 Å². The van der Waals surface area contributed by atoms with Gasteiger partial charge in [-0.2, -0.15) is 0 Å². The van der Waals surface area contributed by atoms with Crippen molar-refractivity contribution in [3.05, 3.63) is 52.7 Å². The summed E-state index contributed by atoms with van der Waals surface area (Å²) < 4.78 is 14.4. The van der Waals surface area contributed by atoms with Crippen molar-refractivity contribution in [2.45, 2.75) is 59.3 Å². The van der Waals surface area contributed by atoms with Crippen LogP contribution in [0.4, 0.5) is 10.2 Å². The fourth-order valence-corrected chi connectivity index (χ4v) is 3.90. The topological polar surface area (TPSA) is 49.3 Å². The van der Waals surface area contributed by atoms with Gasteiger partial charge in [0, 0.05) is 56.2 Å². The van der Waals surface area contributed by atoms with Crippen molar-refractivity contribution >= 4 is 11.7 Å². The summed E-state index contributed by atoms with van der Waals surface area (Å²) in [7, 11) is 0. The largest absolute Gasteiger partial charge is 0.353 e. The lowest BCUT2D eigenvalue weighted by atomic mass is 10.00. The Morgan fingerprint density at radius 2 is 1.80 bits per heavy atom. The number of carbonyl (C=O) groups is 1. The molecule has 30 heavy (non-hydrogen) atoms. The van der Waals surface area contributed by atoms with Gasteiger partial charge < -0.3 is 9.80 Å². The van der Waals surface area contributed by atoms with E-state index < -0.39 is 0 Å². The van der Waals surface area contributed by atoms with E-state index in [1.54, 1.807) is 6.07 Å². The van der Waals surface area contributed by atoms with Gasteiger partial charge in [0.25, 0.3) is 0 Å². The summed E-state index contributed by atoms with van der Waals surface area (Å²) in [6.45, 7) is 11.1. The molecule has 1 amide bonds. The van der Waals surface area contributed by atoms with E-state index in [4.69, 9.17) is 9.97 Å². The third-order valence-corrected chi connectivity index (χ3v) is 6.04. The molecule has 6 heteroatoms. The van der Waals surface area contributed by atoms with E-state index in [1.807, 2.05) is 24.0 Å². The zero-order valence-corrected chi connectivity index (χ0v) is 18.6. The van der Waals surface area contributed by atoms with Crippen molar-refractivity contribution in [3.8, 4) is 0 Å². The number of piperazine rings is 1. The first kappa shape index (κ1) is 22.2. The van der Waals surface area contributed by atoms with Gasteiger partial charge >= 0.3 is 0 Å². The van der Waals surface area contributed by atoms with Crippen LogP contribution in [0.1, 0.15) is 69.1 Å². The second-order valence-corrected chi connectivity index (χ2v) is 7.98. The Morgan fingerprint density at radius 1 is 1.10 bits per heavy atom. The van der Waals surface area contributed by atoms with Crippen molar-refractivity contribution in [1.29, 1.82) is 0 Å². The van der Waals surface area contributed by atoms with Gasteiger partial charge in [-0.1, -0.05) is 45.9 Å². The van der Waals surface area contributed by atoms with Gasteiger partial charge in [0.15, 0.2) is 0 Å². The molecular weight excluding hydrogens is 379 g/mol. The lowest BCUT2D eigenvalue weighted by Gasteiger charge is -2.36. The summed E-state index contributed by atoms with van der Waals surface area (Å²) in [6.07, 6.45) is 2.75. The minimum Gasteiger partial charge on any atom is -0.353 e. The molecule has 0 N–H and O–H groups in total. The van der Waals surface area contributed by atoms with Crippen LogP contribution in [0.15, 0.2) is 24.3 Å². The molecule has 0 unspecified atom stereocenters. The van der Waals surface area contributed by atoms with Crippen molar-refractivity contribution in [1.82, 2.24) is 14.9 Å². The summed E-state index contributed by atoms with van der Waals surface area (Å²) in [5.41, 5.74) is 2.66. The van der Waals surface area contributed by atoms with E-state index in [0.717, 1.165) is 48.8 Å². The first-order valence-corrected chi connectivity index (χ1v) is 11.1. The average molecular weight is 413 g/mol. The third kappa shape index (κ3) is 4.79. The molecule has 162 valence electrons. The van der Waals surface area contributed by atoms with Crippen molar-refractivity contribution in [2.75, 3.05) is 31.1 Å². The number of rotatable bonds is 7. The molecule has 1 aromatic heterocycles. The Balaban J connectivity index is 2.00. The van der Waals surface area contributed by atoms with Crippen LogP contribution in [0, 0.1) is 5.82 Å². The smallest absolute Gasteiger partial charge is 0.222 e. The SMILES string of the molecule is CCC(=O)N1CCN(c2nc([C@@H](C)CC)nc(CC)c2Cc2ccccc2F)CC1. The van der Waals surface area contributed by atoms with Crippen molar-refractivity contribution in [2.24, 2.45) is 0 Å². The van der Waals surface area contributed by atoms with Crippen LogP contribution >= 0.6 is 0 Å². The van der Waals surface area contributed by atoms with Crippen LogP contribution in [0.5, 0.6) is 0 Å². The van der Waals surface area contributed by atoms with Gasteiger partial charge in [0.05, 0.1) is 0 Å². The highest BCUT2D eigenvalue weighted by molar-refractivity contribution is 5.76. The fraction of sp³-hybridized carbons (Fsp3) is 0.542. The number of anilines is 1. The highest BCUT2D eigenvalue weighted by atomic mass is 19.1. The quantitative estimate of drug-likeness (QED) is 0.679. The monoisotopic (exact) mass is 412 g/mol. The summed E-state index contributed by atoms with van der Waals surface area (Å²) in [5, 5.41) is 0. The predicted molar refractivity (Wildman–Crippen MR) is 118 cm³/mol. The number of hydrogen-bond donors (Lipinski definition) is 0. The minimum absolute atomic E-state index is 0.193. The molecule has 2 aromatic rings. The Morgan fingerprint density at radius 3 is 2.40 bits per heavy atom. The molecule has 1 atom stereocenters. The number of benzene rings is 1. The van der Waals surface area contributed by atoms with E-state index in [0.29, 0.717) is 31.5 Å². The number of aromatic nitrogens is 2. The third-order valence-electron chi connectivity index (χ3n) is 6.04. The number of hydrogen-bond acceptors (Lipinski definition) is 4. The molecule has 5 nitrogen and oxygen atoms in total. The van der Waals surface area contributed by atoms with Crippen LogP contribution in [0.2, 0.25) is 0 Å². The van der Waals surface area contributed by atoms with Crippen LogP contribution in [0.3, 0.4) is 0 Å². The standard InChI is InChI=1S/C24H33FN4O/c1-5-17(4)23-26-21(6-2)19(16-18-10-8-9-11-20(18)25)24(27-23)29-14-12-28(13-15-29)22(30)7-3/h8-11,17H,5-7,12-16H2,1-4H3/t17-/m0/s1. The zero-order chi connectivity index (χ0) is 21.7. The molecule has 1 fully saturated rings. The van der Waals surface area contributed by atoms with Crippen LogP contribution in [0.25, 0.3) is 0 Å². The van der Waals surface area contributed by atoms with Gasteiger partial charge in [-0.15, -0.1) is 0 Å². The molecule has 1 aliphatic heterocycles. The van der Waals surface area contributed by atoms with Gasteiger partial charge in [0.1, 0.15) is 17.5 Å². The maximum Gasteiger partial charge on any atom is 0.222 e. The molecule has 2 heterocycles. The molecule has 0 saturated carbocycles. The number of amides is 1. The Hall–Kier alpha value is -2.50. The van der Waals surface area contributed by atoms with Crippen LogP contribution in [-0.4, -0.2) is 47.0 Å². The van der Waals surface area contributed by atoms with Gasteiger partial charge in [-0.25, -0.2) is 14.4 Å². The number of halogens is 1. The Labute approximate surface area is 179 Å². The molecule has 1 aromatic carbocycles. The van der Waals surface area contributed by atoms with Crippen LogP contribution in [-0.2, 0) is 17.6 Å². The van der Waals surface area contributed by atoms with Gasteiger partial charge in [-0.3, -0.25) is 4.79 Å². The molecule has 0 radical (unpaired) electrons. The van der Waals surface area contributed by atoms with E-state index in [1.165, 1.54) is 6.07 Å². The number of carbonyl (C=O) groups excluding carboxylic acids is 1. The molecule has 1 saturated heterocycles. The summed E-state index contributed by atoms with van der Waals surface area (Å²) in [5.74, 6) is 2.02. The summed E-state index contributed by atoms with van der Waals surface area (Å²) in [6, 6.07) is 6.92. The highest BCUT2D eigenvalue weighted by Gasteiger charge is 2.26. The molecule has 3 rings (SSSR count). The second kappa shape index (κ2) is 10.0. The first-order chi connectivity index (χ1) is 14.5. The number of aryl methyl sites for hydroxylation is 1. The van der Waals surface area contributed by atoms with Gasteiger partial charge in [0.2, 0.25) is 5.91 Å². The normalized spacial score (nSPS) is 15.4. The fourth-order valence-electron chi connectivity index (χ4n) is 3.90. The predicted octanol–water partition coefficient (Wildman–Crippen LogP) is 4.34. The Kier molecular flexibility index (Phi) is 7.40. The van der Waals surface area contributed by atoms with E-state index in [-0.39, 0.29) is 17.6 Å². The Bertz CT molecular complexity index is 878. The van der Waals surface area contributed by atoms with Crippen LogP contribution < -0.4 is 4.90 Å².